The standard InChI is InChI=1S/C26H27ClN4O2/c1-32-24-14-25(33-2)22(27)13-21(24)23-17-31-11-9-20(12-26(31)29-23)30-10-8-19(16-30)28-15-18-6-4-3-5-7-18/h3-7,9,11-14,17,19,28H,8,10,15-16H2,1-2H3/t19-/m0/s1. The molecule has 0 aliphatic carbocycles. The van der Waals surface area contributed by atoms with Crippen molar-refractivity contribution in [1.29, 1.82) is 0 Å². The van der Waals surface area contributed by atoms with Gasteiger partial charge in [-0.15, -0.1) is 0 Å². The molecule has 2 aromatic carbocycles. The van der Waals surface area contributed by atoms with E-state index in [1.54, 1.807) is 20.3 Å². The summed E-state index contributed by atoms with van der Waals surface area (Å²) in [5.74, 6) is 1.25. The van der Waals surface area contributed by atoms with Gasteiger partial charge in [0.05, 0.1) is 24.9 Å². The number of hydrogen-bond donors (Lipinski definition) is 1. The third kappa shape index (κ3) is 4.49. The van der Waals surface area contributed by atoms with Crippen LogP contribution in [0.25, 0.3) is 16.9 Å². The fourth-order valence-electron chi connectivity index (χ4n) is 4.38. The Morgan fingerprint density at radius 3 is 2.67 bits per heavy atom. The van der Waals surface area contributed by atoms with Crippen molar-refractivity contribution in [3.63, 3.8) is 0 Å². The summed E-state index contributed by atoms with van der Waals surface area (Å²) >= 11 is 6.37. The van der Waals surface area contributed by atoms with E-state index in [2.05, 4.69) is 58.9 Å². The minimum absolute atomic E-state index is 0.474. The van der Waals surface area contributed by atoms with E-state index in [0.29, 0.717) is 22.6 Å². The highest BCUT2D eigenvalue weighted by atomic mass is 35.5. The van der Waals surface area contributed by atoms with Crippen LogP contribution in [-0.2, 0) is 6.54 Å². The number of methoxy groups -OCH3 is 2. The molecule has 6 nitrogen and oxygen atoms in total. The largest absolute Gasteiger partial charge is 0.496 e. The van der Waals surface area contributed by atoms with Crippen molar-refractivity contribution in [2.75, 3.05) is 32.2 Å². The molecule has 1 aliphatic heterocycles. The molecule has 0 radical (unpaired) electrons. The lowest BCUT2D eigenvalue weighted by Crippen LogP contribution is -2.32. The second-order valence-corrected chi connectivity index (χ2v) is 8.67. The first-order chi connectivity index (χ1) is 16.1. The van der Waals surface area contributed by atoms with Crippen LogP contribution in [0.3, 0.4) is 0 Å². The molecular formula is C26H27ClN4O2. The predicted molar refractivity (Wildman–Crippen MR) is 133 cm³/mol. The maximum absolute atomic E-state index is 6.37. The molecule has 1 N–H and O–H groups in total. The van der Waals surface area contributed by atoms with Crippen LogP contribution in [0.1, 0.15) is 12.0 Å². The summed E-state index contributed by atoms with van der Waals surface area (Å²) in [6.45, 7) is 2.91. The first-order valence-corrected chi connectivity index (χ1v) is 11.5. The van der Waals surface area contributed by atoms with Crippen LogP contribution in [0.5, 0.6) is 11.5 Å². The number of aromatic nitrogens is 2. The smallest absolute Gasteiger partial charge is 0.141 e. The highest BCUT2D eigenvalue weighted by Crippen LogP contribution is 2.38. The van der Waals surface area contributed by atoms with Crippen LogP contribution in [0, 0.1) is 0 Å². The molecule has 0 unspecified atom stereocenters. The van der Waals surface area contributed by atoms with Gasteiger partial charge in [0, 0.05) is 61.5 Å². The maximum atomic E-state index is 6.37. The van der Waals surface area contributed by atoms with Crippen LogP contribution in [0.15, 0.2) is 67.0 Å². The first kappa shape index (κ1) is 21.6. The Morgan fingerprint density at radius 1 is 1.06 bits per heavy atom. The van der Waals surface area contributed by atoms with Crippen molar-refractivity contribution < 1.29 is 9.47 Å². The highest BCUT2D eigenvalue weighted by Gasteiger charge is 2.23. The Labute approximate surface area is 198 Å². The summed E-state index contributed by atoms with van der Waals surface area (Å²) < 4.78 is 12.9. The summed E-state index contributed by atoms with van der Waals surface area (Å²) in [4.78, 5) is 7.27. The molecule has 2 aromatic heterocycles. The molecule has 1 fully saturated rings. The molecule has 0 spiro atoms. The molecule has 7 heteroatoms. The van der Waals surface area contributed by atoms with E-state index >= 15 is 0 Å². The Kier molecular flexibility index (Phi) is 6.11. The molecule has 1 aliphatic rings. The van der Waals surface area contributed by atoms with Crippen LogP contribution in [-0.4, -0.2) is 42.7 Å². The molecule has 5 rings (SSSR count). The summed E-state index contributed by atoms with van der Waals surface area (Å²) in [6.07, 6.45) is 5.18. The van der Waals surface area contributed by atoms with Crippen LogP contribution < -0.4 is 19.7 Å². The van der Waals surface area contributed by atoms with E-state index in [1.165, 1.54) is 11.3 Å². The van der Waals surface area contributed by atoms with E-state index in [0.717, 1.165) is 43.0 Å². The Hall–Kier alpha value is -3.22. The van der Waals surface area contributed by atoms with E-state index < -0.39 is 0 Å². The fraction of sp³-hybridized carbons (Fsp3) is 0.269. The zero-order valence-electron chi connectivity index (χ0n) is 18.8. The number of hydrogen-bond acceptors (Lipinski definition) is 5. The van der Waals surface area contributed by atoms with Crippen molar-refractivity contribution in [3.8, 4) is 22.8 Å². The van der Waals surface area contributed by atoms with Crippen molar-refractivity contribution in [3.05, 3.63) is 77.6 Å². The second-order valence-electron chi connectivity index (χ2n) is 8.26. The average molecular weight is 463 g/mol. The summed E-state index contributed by atoms with van der Waals surface area (Å²) in [5, 5.41) is 4.21. The van der Waals surface area contributed by atoms with Gasteiger partial charge in [0.15, 0.2) is 0 Å². The molecule has 0 amide bonds. The van der Waals surface area contributed by atoms with Crippen molar-refractivity contribution in [2.24, 2.45) is 0 Å². The molecule has 33 heavy (non-hydrogen) atoms. The molecule has 4 aromatic rings. The lowest BCUT2D eigenvalue weighted by molar-refractivity contribution is 0.395. The third-order valence-electron chi connectivity index (χ3n) is 6.18. The Morgan fingerprint density at radius 2 is 1.88 bits per heavy atom. The number of nitrogens with one attached hydrogen (secondary N) is 1. The van der Waals surface area contributed by atoms with Gasteiger partial charge in [0.1, 0.15) is 17.1 Å². The van der Waals surface area contributed by atoms with Crippen LogP contribution in [0.4, 0.5) is 5.69 Å². The number of fused-ring (bicyclic) bond motifs is 1. The lowest BCUT2D eigenvalue weighted by atomic mass is 10.1. The van der Waals surface area contributed by atoms with Crippen molar-refractivity contribution in [1.82, 2.24) is 14.7 Å². The molecule has 1 saturated heterocycles. The van der Waals surface area contributed by atoms with E-state index in [-0.39, 0.29) is 0 Å². The Bertz CT molecular complexity index is 1260. The second kappa shape index (κ2) is 9.33. The molecule has 1 atom stereocenters. The number of benzene rings is 2. The quantitative estimate of drug-likeness (QED) is 0.417. The SMILES string of the molecule is COc1cc(OC)c(-c2cn3ccc(N4CC[C@H](NCc5ccccc5)C4)cc3n2)cc1Cl. The van der Waals surface area contributed by atoms with Gasteiger partial charge in [-0.2, -0.15) is 0 Å². The van der Waals surface area contributed by atoms with E-state index in [4.69, 9.17) is 26.1 Å². The molecule has 0 bridgehead atoms. The number of imidazole rings is 1. The lowest BCUT2D eigenvalue weighted by Gasteiger charge is -2.19. The van der Waals surface area contributed by atoms with Gasteiger partial charge < -0.3 is 24.1 Å². The minimum atomic E-state index is 0.474. The summed E-state index contributed by atoms with van der Waals surface area (Å²) in [7, 11) is 3.22. The van der Waals surface area contributed by atoms with Gasteiger partial charge in [0.25, 0.3) is 0 Å². The monoisotopic (exact) mass is 462 g/mol. The average Bonchev–Trinajstić information content (AvgIpc) is 3.50. The highest BCUT2D eigenvalue weighted by molar-refractivity contribution is 6.32. The van der Waals surface area contributed by atoms with Gasteiger partial charge in [-0.05, 0) is 24.1 Å². The van der Waals surface area contributed by atoms with E-state index in [9.17, 15) is 0 Å². The summed E-state index contributed by atoms with van der Waals surface area (Å²) in [5.41, 5.74) is 5.02. The fourth-order valence-corrected chi connectivity index (χ4v) is 4.62. The zero-order chi connectivity index (χ0) is 22.8. The zero-order valence-corrected chi connectivity index (χ0v) is 19.5. The number of nitrogens with zero attached hydrogens (tertiary/aromatic N) is 3. The molecule has 3 heterocycles. The molecule has 0 saturated carbocycles. The third-order valence-corrected chi connectivity index (χ3v) is 6.48. The van der Waals surface area contributed by atoms with E-state index in [1.807, 2.05) is 16.7 Å². The number of rotatable bonds is 7. The predicted octanol–water partition coefficient (Wildman–Crippen LogP) is 5.04. The maximum Gasteiger partial charge on any atom is 0.141 e. The number of halogens is 1. The number of pyridine rings is 1. The van der Waals surface area contributed by atoms with Crippen molar-refractivity contribution >= 4 is 22.9 Å². The van der Waals surface area contributed by atoms with Crippen LogP contribution in [0.2, 0.25) is 5.02 Å². The van der Waals surface area contributed by atoms with Gasteiger partial charge >= 0.3 is 0 Å². The van der Waals surface area contributed by atoms with Gasteiger partial charge in [0.2, 0.25) is 0 Å². The first-order valence-electron chi connectivity index (χ1n) is 11.1. The van der Waals surface area contributed by atoms with Gasteiger partial charge in [-0.1, -0.05) is 41.9 Å². The van der Waals surface area contributed by atoms with Crippen molar-refractivity contribution in [2.45, 2.75) is 19.0 Å². The molecular weight excluding hydrogens is 436 g/mol. The summed E-state index contributed by atoms with van der Waals surface area (Å²) in [6, 6.07) is 18.9. The van der Waals surface area contributed by atoms with Gasteiger partial charge in [-0.25, -0.2) is 4.98 Å². The van der Waals surface area contributed by atoms with Crippen LogP contribution >= 0.6 is 11.6 Å². The minimum Gasteiger partial charge on any atom is -0.496 e. The Balaban J connectivity index is 1.33. The topological polar surface area (TPSA) is 51.0 Å². The number of anilines is 1. The van der Waals surface area contributed by atoms with Gasteiger partial charge in [-0.3, -0.25) is 0 Å². The normalized spacial score (nSPS) is 15.8. The number of ether oxygens (including phenoxy) is 2. The molecule has 170 valence electrons.